The van der Waals surface area contributed by atoms with E-state index in [0.717, 1.165) is 12.0 Å². The Labute approximate surface area is 84.9 Å². The van der Waals surface area contributed by atoms with Gasteiger partial charge in [-0.25, -0.2) is 0 Å². The van der Waals surface area contributed by atoms with Crippen LogP contribution in [0.3, 0.4) is 0 Å². The van der Waals surface area contributed by atoms with Crippen LogP contribution in [0.15, 0.2) is 18.2 Å². The van der Waals surface area contributed by atoms with Gasteiger partial charge in [0.1, 0.15) is 6.61 Å². The molecule has 1 aromatic rings. The third kappa shape index (κ3) is 2.59. The number of esters is 1. The molecule has 0 heterocycles. The smallest absolute Gasteiger partial charge is 0.302 e. The molecule has 2 heteroatoms. The predicted molar refractivity (Wildman–Crippen MR) is 56.0 cm³/mol. The van der Waals surface area contributed by atoms with E-state index in [1.807, 2.05) is 12.1 Å². The van der Waals surface area contributed by atoms with Crippen molar-refractivity contribution < 1.29 is 9.53 Å². The predicted octanol–water partition coefficient (Wildman–Crippen LogP) is 2.62. The highest BCUT2D eigenvalue weighted by Crippen LogP contribution is 2.15. The van der Waals surface area contributed by atoms with Crippen LogP contribution in [0.1, 0.15) is 30.5 Å². The lowest BCUT2D eigenvalue weighted by Gasteiger charge is -2.10. The van der Waals surface area contributed by atoms with Gasteiger partial charge in [0.05, 0.1) is 0 Å². The van der Waals surface area contributed by atoms with Crippen molar-refractivity contribution in [2.75, 3.05) is 0 Å². The lowest BCUT2D eigenvalue weighted by molar-refractivity contribution is -0.142. The number of hydrogen-bond donors (Lipinski definition) is 0. The van der Waals surface area contributed by atoms with Crippen molar-refractivity contribution in [1.29, 1.82) is 0 Å². The SMILES string of the molecule is CCc1c(C)cccc1COC(C)=O. The summed E-state index contributed by atoms with van der Waals surface area (Å²) in [7, 11) is 0. The molecule has 0 bridgehead atoms. The maximum Gasteiger partial charge on any atom is 0.302 e. The average Bonchev–Trinajstić information content (AvgIpc) is 2.14. The van der Waals surface area contributed by atoms with Crippen LogP contribution in [-0.4, -0.2) is 5.97 Å². The first-order valence-corrected chi connectivity index (χ1v) is 4.86. The molecule has 1 rings (SSSR count). The van der Waals surface area contributed by atoms with Crippen molar-refractivity contribution in [1.82, 2.24) is 0 Å². The Morgan fingerprint density at radius 3 is 2.71 bits per heavy atom. The van der Waals surface area contributed by atoms with E-state index in [2.05, 4.69) is 19.9 Å². The average molecular weight is 192 g/mol. The van der Waals surface area contributed by atoms with Gasteiger partial charge in [0.25, 0.3) is 0 Å². The fourth-order valence-electron chi connectivity index (χ4n) is 1.58. The van der Waals surface area contributed by atoms with Crippen molar-refractivity contribution in [3.05, 3.63) is 34.9 Å². The van der Waals surface area contributed by atoms with Gasteiger partial charge >= 0.3 is 5.97 Å². The molecule has 76 valence electrons. The number of carbonyl (C=O) groups is 1. The van der Waals surface area contributed by atoms with E-state index in [0.29, 0.717) is 6.61 Å². The zero-order valence-electron chi connectivity index (χ0n) is 8.96. The van der Waals surface area contributed by atoms with Crippen molar-refractivity contribution in [3.8, 4) is 0 Å². The molecule has 0 fully saturated rings. The summed E-state index contributed by atoms with van der Waals surface area (Å²) in [6.45, 7) is 6.01. The Morgan fingerprint density at radius 2 is 2.14 bits per heavy atom. The molecular formula is C12H16O2. The fraction of sp³-hybridized carbons (Fsp3) is 0.417. The Morgan fingerprint density at radius 1 is 1.43 bits per heavy atom. The summed E-state index contributed by atoms with van der Waals surface area (Å²) in [5.41, 5.74) is 3.66. The van der Waals surface area contributed by atoms with E-state index in [4.69, 9.17) is 4.74 Å². The van der Waals surface area contributed by atoms with Gasteiger partial charge in [-0.1, -0.05) is 25.1 Å². The maximum absolute atomic E-state index is 10.7. The van der Waals surface area contributed by atoms with Gasteiger partial charge in [-0.3, -0.25) is 4.79 Å². The van der Waals surface area contributed by atoms with Crippen molar-refractivity contribution in [2.45, 2.75) is 33.8 Å². The highest BCUT2D eigenvalue weighted by molar-refractivity contribution is 5.66. The summed E-state index contributed by atoms with van der Waals surface area (Å²) >= 11 is 0. The molecular weight excluding hydrogens is 176 g/mol. The van der Waals surface area contributed by atoms with Crippen molar-refractivity contribution in [3.63, 3.8) is 0 Å². The molecule has 0 unspecified atom stereocenters. The van der Waals surface area contributed by atoms with Gasteiger partial charge < -0.3 is 4.74 Å². The molecule has 0 radical (unpaired) electrons. The van der Waals surface area contributed by atoms with Crippen LogP contribution in [0.5, 0.6) is 0 Å². The van der Waals surface area contributed by atoms with Crippen LogP contribution in [0.25, 0.3) is 0 Å². The second-order valence-electron chi connectivity index (χ2n) is 3.35. The number of carbonyl (C=O) groups excluding carboxylic acids is 1. The lowest BCUT2D eigenvalue weighted by Crippen LogP contribution is -2.02. The Kier molecular flexibility index (Phi) is 3.69. The van der Waals surface area contributed by atoms with Gasteiger partial charge in [-0.15, -0.1) is 0 Å². The molecule has 0 saturated carbocycles. The molecule has 0 N–H and O–H groups in total. The number of aryl methyl sites for hydroxylation is 1. The highest BCUT2D eigenvalue weighted by Gasteiger charge is 2.04. The molecule has 0 amide bonds. The number of hydrogen-bond acceptors (Lipinski definition) is 2. The first-order chi connectivity index (χ1) is 6.65. The van der Waals surface area contributed by atoms with Gasteiger partial charge in [-0.2, -0.15) is 0 Å². The van der Waals surface area contributed by atoms with Crippen LogP contribution < -0.4 is 0 Å². The summed E-state index contributed by atoms with van der Waals surface area (Å²) in [5.74, 6) is -0.228. The number of benzene rings is 1. The van der Waals surface area contributed by atoms with Crippen molar-refractivity contribution >= 4 is 5.97 Å². The normalized spacial score (nSPS) is 9.93. The minimum absolute atomic E-state index is 0.228. The fourth-order valence-corrected chi connectivity index (χ4v) is 1.58. The van der Waals surface area contributed by atoms with E-state index < -0.39 is 0 Å². The third-order valence-corrected chi connectivity index (χ3v) is 2.29. The topological polar surface area (TPSA) is 26.3 Å². The summed E-state index contributed by atoms with van der Waals surface area (Å²) in [4.78, 5) is 10.7. The summed E-state index contributed by atoms with van der Waals surface area (Å²) in [6, 6.07) is 6.08. The Hall–Kier alpha value is -1.31. The first-order valence-electron chi connectivity index (χ1n) is 4.86. The van der Waals surface area contributed by atoms with Gasteiger partial charge in [-0.05, 0) is 30.0 Å². The Bertz CT molecular complexity index is 329. The van der Waals surface area contributed by atoms with Crippen LogP contribution in [-0.2, 0) is 22.6 Å². The largest absolute Gasteiger partial charge is 0.461 e. The molecule has 2 nitrogen and oxygen atoms in total. The molecule has 0 aliphatic rings. The molecule has 0 aliphatic carbocycles. The maximum atomic E-state index is 10.7. The van der Waals surface area contributed by atoms with E-state index in [-0.39, 0.29) is 5.97 Å². The minimum atomic E-state index is -0.228. The minimum Gasteiger partial charge on any atom is -0.461 e. The van der Waals surface area contributed by atoms with Crippen LogP contribution >= 0.6 is 0 Å². The van der Waals surface area contributed by atoms with E-state index in [9.17, 15) is 4.79 Å². The van der Waals surface area contributed by atoms with E-state index in [1.54, 1.807) is 0 Å². The molecule has 0 spiro atoms. The highest BCUT2D eigenvalue weighted by atomic mass is 16.5. The standard InChI is InChI=1S/C12H16O2/c1-4-12-9(2)6-5-7-11(12)8-14-10(3)13/h5-7H,4,8H2,1-3H3. The van der Waals surface area contributed by atoms with E-state index >= 15 is 0 Å². The molecule has 0 atom stereocenters. The molecule has 0 saturated heterocycles. The van der Waals surface area contributed by atoms with Crippen molar-refractivity contribution in [2.24, 2.45) is 0 Å². The molecule has 0 aromatic heterocycles. The second kappa shape index (κ2) is 4.80. The molecule has 14 heavy (non-hydrogen) atoms. The summed E-state index contributed by atoms with van der Waals surface area (Å²) in [5, 5.41) is 0. The second-order valence-corrected chi connectivity index (χ2v) is 3.35. The van der Waals surface area contributed by atoms with Gasteiger partial charge in [0, 0.05) is 6.92 Å². The van der Waals surface area contributed by atoms with E-state index in [1.165, 1.54) is 18.1 Å². The van der Waals surface area contributed by atoms with Gasteiger partial charge in [0.2, 0.25) is 0 Å². The molecule has 1 aromatic carbocycles. The number of ether oxygens (including phenoxy) is 1. The lowest BCUT2D eigenvalue weighted by atomic mass is 10.0. The first kappa shape index (κ1) is 10.8. The monoisotopic (exact) mass is 192 g/mol. The van der Waals surface area contributed by atoms with Crippen LogP contribution in [0, 0.1) is 6.92 Å². The van der Waals surface area contributed by atoms with Gasteiger partial charge in [0.15, 0.2) is 0 Å². The zero-order chi connectivity index (χ0) is 10.6. The Balaban J connectivity index is 2.85. The summed E-state index contributed by atoms with van der Waals surface area (Å²) < 4.78 is 4.99. The summed E-state index contributed by atoms with van der Waals surface area (Å²) in [6.07, 6.45) is 0.975. The molecule has 0 aliphatic heterocycles. The third-order valence-electron chi connectivity index (χ3n) is 2.29. The zero-order valence-corrected chi connectivity index (χ0v) is 8.96. The van der Waals surface area contributed by atoms with Crippen LogP contribution in [0.4, 0.5) is 0 Å². The quantitative estimate of drug-likeness (QED) is 0.688. The number of rotatable bonds is 3. The van der Waals surface area contributed by atoms with Crippen LogP contribution in [0.2, 0.25) is 0 Å².